The first-order valence-electron chi connectivity index (χ1n) is 7.95. The van der Waals surface area contributed by atoms with E-state index in [1.807, 2.05) is 0 Å². The third-order valence-corrected chi connectivity index (χ3v) is 3.89. The van der Waals surface area contributed by atoms with Crippen LogP contribution in [-0.2, 0) is 11.2 Å². The van der Waals surface area contributed by atoms with Crippen LogP contribution in [0.15, 0.2) is 0 Å². The molecule has 0 aliphatic heterocycles. The highest BCUT2D eigenvalue weighted by Gasteiger charge is 2.17. The standard InChI is InChI=1S/C15H26N4O2/c1-2-6-12-13(16)14(19-18-12)15(20)17-9-10-21-11-7-4-3-5-8-11/h11H,2-10,16H2,1H3,(H,17,20)(H,18,19). The van der Waals surface area contributed by atoms with Crippen molar-refractivity contribution in [1.82, 2.24) is 15.5 Å². The molecule has 118 valence electrons. The number of nitrogens with two attached hydrogens (primary N) is 1. The highest BCUT2D eigenvalue weighted by atomic mass is 16.5. The molecule has 21 heavy (non-hydrogen) atoms. The molecule has 0 radical (unpaired) electrons. The average Bonchev–Trinajstić information content (AvgIpc) is 2.86. The molecule has 6 nitrogen and oxygen atoms in total. The van der Waals surface area contributed by atoms with Crippen LogP contribution in [-0.4, -0.2) is 35.4 Å². The minimum atomic E-state index is -0.238. The molecule has 1 amide bonds. The van der Waals surface area contributed by atoms with Crippen LogP contribution in [0.4, 0.5) is 5.69 Å². The van der Waals surface area contributed by atoms with Gasteiger partial charge in [-0.1, -0.05) is 32.6 Å². The van der Waals surface area contributed by atoms with Gasteiger partial charge in [-0.25, -0.2) is 0 Å². The molecule has 6 heteroatoms. The van der Waals surface area contributed by atoms with Crippen molar-refractivity contribution in [2.75, 3.05) is 18.9 Å². The number of hydrogen-bond donors (Lipinski definition) is 3. The maximum absolute atomic E-state index is 12.0. The molecule has 0 unspecified atom stereocenters. The van der Waals surface area contributed by atoms with Gasteiger partial charge in [0.1, 0.15) is 0 Å². The van der Waals surface area contributed by atoms with Crippen molar-refractivity contribution < 1.29 is 9.53 Å². The summed E-state index contributed by atoms with van der Waals surface area (Å²) in [5.74, 6) is -0.238. The lowest BCUT2D eigenvalue weighted by Gasteiger charge is -2.21. The fraction of sp³-hybridized carbons (Fsp3) is 0.733. The molecular formula is C15H26N4O2. The first kappa shape index (κ1) is 15.8. The van der Waals surface area contributed by atoms with E-state index in [-0.39, 0.29) is 11.6 Å². The summed E-state index contributed by atoms with van der Waals surface area (Å²) in [6.07, 6.45) is 8.22. The van der Waals surface area contributed by atoms with Crippen LogP contribution >= 0.6 is 0 Å². The Morgan fingerprint density at radius 3 is 2.90 bits per heavy atom. The van der Waals surface area contributed by atoms with Crippen LogP contribution in [0.25, 0.3) is 0 Å². The van der Waals surface area contributed by atoms with Gasteiger partial charge in [-0.3, -0.25) is 9.89 Å². The minimum absolute atomic E-state index is 0.238. The minimum Gasteiger partial charge on any atom is -0.395 e. The van der Waals surface area contributed by atoms with Crippen molar-refractivity contribution in [1.29, 1.82) is 0 Å². The highest BCUT2D eigenvalue weighted by molar-refractivity contribution is 5.97. The summed E-state index contributed by atoms with van der Waals surface area (Å²) in [5.41, 5.74) is 7.51. The zero-order chi connectivity index (χ0) is 15.1. The second kappa shape index (κ2) is 8.02. The number of amides is 1. The third kappa shape index (κ3) is 4.46. The summed E-state index contributed by atoms with van der Waals surface area (Å²) >= 11 is 0. The fourth-order valence-corrected chi connectivity index (χ4v) is 2.71. The number of nitrogen functional groups attached to an aromatic ring is 1. The van der Waals surface area contributed by atoms with Gasteiger partial charge in [0, 0.05) is 6.54 Å². The Bertz CT molecular complexity index is 453. The lowest BCUT2D eigenvalue weighted by Crippen LogP contribution is -2.30. The van der Waals surface area contributed by atoms with E-state index in [2.05, 4.69) is 22.4 Å². The number of aromatic nitrogens is 2. The van der Waals surface area contributed by atoms with Gasteiger partial charge < -0.3 is 15.8 Å². The molecular weight excluding hydrogens is 268 g/mol. The molecule has 1 heterocycles. The quantitative estimate of drug-likeness (QED) is 0.671. The molecule has 1 aromatic rings. The number of carbonyl (C=O) groups excluding carboxylic acids is 1. The number of carbonyl (C=O) groups is 1. The topological polar surface area (TPSA) is 93.0 Å². The van der Waals surface area contributed by atoms with Gasteiger partial charge in [0.05, 0.1) is 24.1 Å². The van der Waals surface area contributed by atoms with Crippen LogP contribution in [0.5, 0.6) is 0 Å². The number of nitrogens with zero attached hydrogens (tertiary/aromatic N) is 1. The average molecular weight is 294 g/mol. The van der Waals surface area contributed by atoms with Gasteiger partial charge in [-0.2, -0.15) is 5.10 Å². The Kier molecular flexibility index (Phi) is 6.04. The zero-order valence-corrected chi connectivity index (χ0v) is 12.8. The molecule has 0 aromatic carbocycles. The smallest absolute Gasteiger partial charge is 0.274 e. The fourth-order valence-electron chi connectivity index (χ4n) is 2.71. The molecule has 1 saturated carbocycles. The van der Waals surface area contributed by atoms with Crippen LogP contribution in [0, 0.1) is 0 Å². The van der Waals surface area contributed by atoms with Crippen molar-refractivity contribution in [3.63, 3.8) is 0 Å². The Morgan fingerprint density at radius 1 is 1.43 bits per heavy atom. The number of rotatable bonds is 7. The molecule has 1 aromatic heterocycles. The molecule has 0 atom stereocenters. The maximum Gasteiger partial charge on any atom is 0.274 e. The number of hydrogen-bond acceptors (Lipinski definition) is 4. The third-order valence-electron chi connectivity index (χ3n) is 3.89. The largest absolute Gasteiger partial charge is 0.395 e. The molecule has 4 N–H and O–H groups in total. The molecule has 0 spiro atoms. The molecule has 1 aliphatic rings. The molecule has 1 aliphatic carbocycles. The summed E-state index contributed by atoms with van der Waals surface area (Å²) in [7, 11) is 0. The summed E-state index contributed by atoms with van der Waals surface area (Å²) < 4.78 is 5.77. The Morgan fingerprint density at radius 2 is 2.19 bits per heavy atom. The van der Waals surface area contributed by atoms with Gasteiger partial charge in [0.15, 0.2) is 5.69 Å². The van der Waals surface area contributed by atoms with Gasteiger partial charge >= 0.3 is 0 Å². The normalized spacial score (nSPS) is 16.0. The molecule has 1 fully saturated rings. The Balaban J connectivity index is 1.71. The Labute approximate surface area is 125 Å². The molecule has 0 saturated heterocycles. The number of aryl methyl sites for hydroxylation is 1. The Hall–Kier alpha value is -1.56. The molecule has 2 rings (SSSR count). The lowest BCUT2D eigenvalue weighted by molar-refractivity contribution is 0.0299. The van der Waals surface area contributed by atoms with Gasteiger partial charge in [0.25, 0.3) is 5.91 Å². The van der Waals surface area contributed by atoms with Crippen LogP contribution in [0.2, 0.25) is 0 Å². The maximum atomic E-state index is 12.0. The number of nitrogens with one attached hydrogen (secondary N) is 2. The SMILES string of the molecule is CCCc1[nH]nc(C(=O)NCCOC2CCCCC2)c1N. The second-order valence-electron chi connectivity index (χ2n) is 5.60. The van der Waals surface area contributed by atoms with Crippen LogP contribution in [0.1, 0.15) is 61.6 Å². The predicted octanol–water partition coefficient (Wildman–Crippen LogP) is 2.02. The van der Waals surface area contributed by atoms with E-state index in [0.717, 1.165) is 31.4 Å². The predicted molar refractivity (Wildman–Crippen MR) is 82.2 cm³/mol. The zero-order valence-electron chi connectivity index (χ0n) is 12.8. The van der Waals surface area contributed by atoms with Gasteiger partial charge in [-0.15, -0.1) is 0 Å². The van der Waals surface area contributed by atoms with E-state index >= 15 is 0 Å². The number of aromatic amines is 1. The molecule has 0 bridgehead atoms. The second-order valence-corrected chi connectivity index (χ2v) is 5.60. The van der Waals surface area contributed by atoms with Crippen molar-refractivity contribution in [2.45, 2.75) is 58.0 Å². The van der Waals surface area contributed by atoms with Crippen LogP contribution < -0.4 is 11.1 Å². The highest BCUT2D eigenvalue weighted by Crippen LogP contribution is 2.20. The van der Waals surface area contributed by atoms with Crippen molar-refractivity contribution in [2.24, 2.45) is 0 Å². The van der Waals surface area contributed by atoms with E-state index in [0.29, 0.717) is 24.9 Å². The lowest BCUT2D eigenvalue weighted by atomic mass is 9.98. The number of ether oxygens (including phenoxy) is 1. The first-order chi connectivity index (χ1) is 10.2. The first-order valence-corrected chi connectivity index (χ1v) is 7.95. The van der Waals surface area contributed by atoms with E-state index in [1.54, 1.807) is 0 Å². The summed E-state index contributed by atoms with van der Waals surface area (Å²) in [6, 6.07) is 0. The van der Waals surface area contributed by atoms with E-state index in [9.17, 15) is 4.79 Å². The van der Waals surface area contributed by atoms with Crippen LogP contribution in [0.3, 0.4) is 0 Å². The van der Waals surface area contributed by atoms with Crippen molar-refractivity contribution >= 4 is 11.6 Å². The van der Waals surface area contributed by atoms with Crippen molar-refractivity contribution in [3.8, 4) is 0 Å². The van der Waals surface area contributed by atoms with Gasteiger partial charge in [-0.05, 0) is 19.3 Å². The monoisotopic (exact) mass is 294 g/mol. The van der Waals surface area contributed by atoms with E-state index < -0.39 is 0 Å². The van der Waals surface area contributed by atoms with Crippen molar-refractivity contribution in [3.05, 3.63) is 11.4 Å². The van der Waals surface area contributed by atoms with E-state index in [4.69, 9.17) is 10.5 Å². The number of anilines is 1. The van der Waals surface area contributed by atoms with Gasteiger partial charge in [0.2, 0.25) is 0 Å². The summed E-state index contributed by atoms with van der Waals surface area (Å²) in [6.45, 7) is 3.09. The summed E-state index contributed by atoms with van der Waals surface area (Å²) in [4.78, 5) is 12.0. The summed E-state index contributed by atoms with van der Waals surface area (Å²) in [5, 5.41) is 9.64. The number of H-pyrrole nitrogens is 1. The van der Waals surface area contributed by atoms with E-state index in [1.165, 1.54) is 19.3 Å².